The molecule has 4 aliphatic rings. The Morgan fingerprint density at radius 3 is 2.38 bits per heavy atom. The number of nitrogens with zero attached hydrogens (tertiary/aromatic N) is 3. The Balaban J connectivity index is 1.30. The normalized spacial score (nSPS) is 32.3. The molecule has 0 saturated heterocycles. The van der Waals surface area contributed by atoms with Crippen molar-refractivity contribution in [2.45, 2.75) is 55.9 Å². The van der Waals surface area contributed by atoms with E-state index in [0.29, 0.717) is 11.2 Å². The van der Waals surface area contributed by atoms with Crippen LogP contribution in [0.15, 0.2) is 29.4 Å². The summed E-state index contributed by atoms with van der Waals surface area (Å²) < 4.78 is 16.0. The smallest absolute Gasteiger partial charge is 0.191 e. The fourth-order valence-electron chi connectivity index (χ4n) is 6.22. The van der Waals surface area contributed by atoms with Crippen LogP contribution in [-0.2, 0) is 19.2 Å². The fourth-order valence-corrected chi connectivity index (χ4v) is 7.14. The third kappa shape index (κ3) is 2.98. The molecule has 4 saturated carbocycles. The maximum absolute atomic E-state index is 13.8. The summed E-state index contributed by atoms with van der Waals surface area (Å²) in [7, 11) is 2.07. The second kappa shape index (κ2) is 6.36. The first kappa shape index (κ1) is 16.8. The molecule has 0 amide bonds. The SMILES string of the molecule is Cn1c(CC23CC4CC(CC(C4)C2)C3)nnc1SCc1ccccc1F. The summed E-state index contributed by atoms with van der Waals surface area (Å²) in [6.45, 7) is 0. The number of hydrogen-bond acceptors (Lipinski definition) is 3. The van der Waals surface area contributed by atoms with E-state index in [0.717, 1.165) is 40.7 Å². The van der Waals surface area contributed by atoms with E-state index in [1.54, 1.807) is 17.8 Å². The summed E-state index contributed by atoms with van der Waals surface area (Å²) in [5.74, 6) is 4.45. The van der Waals surface area contributed by atoms with Crippen molar-refractivity contribution in [3.8, 4) is 0 Å². The monoisotopic (exact) mass is 371 g/mol. The number of rotatable bonds is 5. The summed E-state index contributed by atoms with van der Waals surface area (Å²) in [5.41, 5.74) is 1.20. The topological polar surface area (TPSA) is 30.7 Å². The molecule has 0 N–H and O–H groups in total. The van der Waals surface area contributed by atoms with Gasteiger partial charge in [-0.05, 0) is 73.3 Å². The van der Waals surface area contributed by atoms with Crippen molar-refractivity contribution in [2.24, 2.45) is 30.2 Å². The third-order valence-corrected chi connectivity index (χ3v) is 8.01. The molecule has 4 aliphatic carbocycles. The van der Waals surface area contributed by atoms with Crippen LogP contribution in [0.3, 0.4) is 0 Å². The van der Waals surface area contributed by atoms with E-state index >= 15 is 0 Å². The van der Waals surface area contributed by atoms with Gasteiger partial charge < -0.3 is 4.57 Å². The van der Waals surface area contributed by atoms with Gasteiger partial charge in [0.1, 0.15) is 11.6 Å². The molecule has 5 heteroatoms. The van der Waals surface area contributed by atoms with E-state index in [9.17, 15) is 4.39 Å². The molecule has 1 aromatic heterocycles. The summed E-state index contributed by atoms with van der Waals surface area (Å²) >= 11 is 1.58. The highest BCUT2D eigenvalue weighted by Gasteiger charge is 2.51. The highest BCUT2D eigenvalue weighted by molar-refractivity contribution is 7.98. The van der Waals surface area contributed by atoms with Crippen LogP contribution in [0.2, 0.25) is 0 Å². The Kier molecular flexibility index (Phi) is 4.11. The Morgan fingerprint density at radius 2 is 1.73 bits per heavy atom. The molecule has 3 nitrogen and oxygen atoms in total. The van der Waals surface area contributed by atoms with E-state index in [-0.39, 0.29) is 5.82 Å². The minimum atomic E-state index is -0.143. The fraction of sp³-hybridized carbons (Fsp3) is 0.619. The Morgan fingerprint density at radius 1 is 1.08 bits per heavy atom. The highest BCUT2D eigenvalue weighted by atomic mass is 32.2. The Bertz CT molecular complexity index is 780. The summed E-state index contributed by atoms with van der Waals surface area (Å²) in [5, 5.41) is 9.83. The van der Waals surface area contributed by atoms with Gasteiger partial charge in [-0.15, -0.1) is 10.2 Å². The lowest BCUT2D eigenvalue weighted by molar-refractivity contribution is -0.0535. The van der Waals surface area contributed by atoms with Crippen LogP contribution < -0.4 is 0 Å². The lowest BCUT2D eigenvalue weighted by Gasteiger charge is -2.56. The molecule has 0 aliphatic heterocycles. The van der Waals surface area contributed by atoms with Crippen LogP contribution in [0.25, 0.3) is 0 Å². The molecule has 0 spiro atoms. The largest absolute Gasteiger partial charge is 0.309 e. The van der Waals surface area contributed by atoms with Crippen molar-refractivity contribution < 1.29 is 4.39 Å². The maximum atomic E-state index is 13.8. The van der Waals surface area contributed by atoms with Gasteiger partial charge in [-0.1, -0.05) is 30.0 Å². The van der Waals surface area contributed by atoms with Gasteiger partial charge in [0.15, 0.2) is 5.16 Å². The first-order chi connectivity index (χ1) is 12.6. The lowest BCUT2D eigenvalue weighted by atomic mass is 9.49. The first-order valence-electron chi connectivity index (χ1n) is 9.85. The zero-order valence-electron chi connectivity index (χ0n) is 15.3. The lowest BCUT2D eigenvalue weighted by Crippen LogP contribution is -2.47. The van der Waals surface area contributed by atoms with Crippen molar-refractivity contribution >= 4 is 11.8 Å². The molecule has 1 aromatic carbocycles. The van der Waals surface area contributed by atoms with Crippen molar-refractivity contribution in [2.75, 3.05) is 0 Å². The van der Waals surface area contributed by atoms with Crippen molar-refractivity contribution in [1.82, 2.24) is 14.8 Å². The van der Waals surface area contributed by atoms with Gasteiger partial charge in [-0.25, -0.2) is 4.39 Å². The summed E-state index contributed by atoms with van der Waals surface area (Å²) in [6, 6.07) is 6.98. The van der Waals surface area contributed by atoms with E-state index in [1.165, 1.54) is 44.6 Å². The van der Waals surface area contributed by atoms with Gasteiger partial charge in [-0.3, -0.25) is 0 Å². The van der Waals surface area contributed by atoms with Crippen molar-refractivity contribution in [3.63, 3.8) is 0 Å². The molecule has 4 fully saturated rings. The van der Waals surface area contributed by atoms with Crippen LogP contribution in [-0.4, -0.2) is 14.8 Å². The minimum absolute atomic E-state index is 0.143. The van der Waals surface area contributed by atoms with Gasteiger partial charge in [0.05, 0.1) is 0 Å². The second-order valence-electron chi connectivity index (χ2n) is 8.93. The van der Waals surface area contributed by atoms with Gasteiger partial charge in [0, 0.05) is 19.2 Å². The zero-order valence-corrected chi connectivity index (χ0v) is 16.1. The summed E-state index contributed by atoms with van der Waals surface area (Å²) in [4.78, 5) is 0. The number of thioether (sulfide) groups is 1. The maximum Gasteiger partial charge on any atom is 0.191 e. The molecule has 0 unspecified atom stereocenters. The van der Waals surface area contributed by atoms with Gasteiger partial charge in [0.2, 0.25) is 0 Å². The van der Waals surface area contributed by atoms with Crippen LogP contribution in [0.1, 0.15) is 49.9 Å². The average molecular weight is 372 g/mol. The van der Waals surface area contributed by atoms with Crippen LogP contribution in [0, 0.1) is 29.0 Å². The molecule has 0 atom stereocenters. The van der Waals surface area contributed by atoms with Gasteiger partial charge >= 0.3 is 0 Å². The van der Waals surface area contributed by atoms with Crippen molar-refractivity contribution in [3.05, 3.63) is 41.5 Å². The molecule has 0 radical (unpaired) electrons. The standard InChI is InChI=1S/C21H26FN3S/c1-25-19(12-21-9-14-6-15(10-21)8-16(7-14)11-21)23-24-20(25)26-13-17-4-2-3-5-18(17)22/h2-5,14-16H,6-13H2,1H3. The first-order valence-corrected chi connectivity index (χ1v) is 10.8. The highest BCUT2D eigenvalue weighted by Crippen LogP contribution is 2.60. The number of hydrogen-bond donors (Lipinski definition) is 0. The molecule has 6 rings (SSSR count). The zero-order chi connectivity index (χ0) is 17.7. The summed E-state index contributed by atoms with van der Waals surface area (Å²) in [6.07, 6.45) is 9.67. The predicted molar refractivity (Wildman–Crippen MR) is 101 cm³/mol. The molecule has 4 bridgehead atoms. The third-order valence-electron chi connectivity index (χ3n) is 6.94. The van der Waals surface area contributed by atoms with Crippen molar-refractivity contribution in [1.29, 1.82) is 0 Å². The Labute approximate surface area is 158 Å². The second-order valence-corrected chi connectivity index (χ2v) is 9.87. The molecule has 138 valence electrons. The molecule has 1 heterocycles. The van der Waals surface area contributed by atoms with Crippen LogP contribution >= 0.6 is 11.8 Å². The van der Waals surface area contributed by atoms with E-state index in [1.807, 2.05) is 12.1 Å². The van der Waals surface area contributed by atoms with E-state index in [2.05, 4.69) is 21.8 Å². The number of benzene rings is 1. The molecule has 26 heavy (non-hydrogen) atoms. The minimum Gasteiger partial charge on any atom is -0.309 e. The van der Waals surface area contributed by atoms with Gasteiger partial charge in [0.25, 0.3) is 0 Å². The predicted octanol–water partition coefficient (Wildman–Crippen LogP) is 5.01. The average Bonchev–Trinajstić information content (AvgIpc) is 2.92. The van der Waals surface area contributed by atoms with Crippen LogP contribution in [0.5, 0.6) is 0 Å². The molecular weight excluding hydrogens is 345 g/mol. The van der Waals surface area contributed by atoms with E-state index < -0.39 is 0 Å². The molecular formula is C21H26FN3S. The molecule has 2 aromatic rings. The van der Waals surface area contributed by atoms with E-state index in [4.69, 9.17) is 0 Å². The number of aromatic nitrogens is 3. The van der Waals surface area contributed by atoms with Crippen LogP contribution in [0.4, 0.5) is 4.39 Å². The quantitative estimate of drug-likeness (QED) is 0.693. The number of halogens is 1. The Hall–Kier alpha value is -1.36. The van der Waals surface area contributed by atoms with Gasteiger partial charge in [-0.2, -0.15) is 0 Å².